The van der Waals surface area contributed by atoms with E-state index in [9.17, 15) is 4.39 Å². The van der Waals surface area contributed by atoms with E-state index in [1.54, 1.807) is 6.07 Å². The highest BCUT2D eigenvalue weighted by Gasteiger charge is 2.34. The lowest BCUT2D eigenvalue weighted by Crippen LogP contribution is -2.26. The minimum absolute atomic E-state index is 0.127. The predicted molar refractivity (Wildman–Crippen MR) is 85.2 cm³/mol. The van der Waals surface area contributed by atoms with E-state index in [1.165, 1.54) is 19.3 Å². The lowest BCUT2D eigenvalue weighted by molar-refractivity contribution is 0.234. The Kier molecular flexibility index (Phi) is 4.76. The van der Waals surface area contributed by atoms with E-state index >= 15 is 0 Å². The second kappa shape index (κ2) is 6.19. The second-order valence-electron chi connectivity index (χ2n) is 5.81. The summed E-state index contributed by atoms with van der Waals surface area (Å²) in [6.45, 7) is 7.24. The number of benzene rings is 1. The Hall–Kier alpha value is -1.00. The molecule has 4 heteroatoms. The summed E-state index contributed by atoms with van der Waals surface area (Å²) in [5, 5.41) is 0. The minimum Gasteiger partial charge on any atom is -0.389 e. The van der Waals surface area contributed by atoms with Crippen LogP contribution in [0.2, 0.25) is 0 Å². The second-order valence-corrected chi connectivity index (χ2v) is 6.25. The highest BCUT2D eigenvalue weighted by atomic mass is 32.1. The van der Waals surface area contributed by atoms with Crippen LogP contribution in [0.15, 0.2) is 18.2 Å². The first-order valence-corrected chi connectivity index (χ1v) is 7.71. The molecule has 0 saturated carbocycles. The number of nitrogens with two attached hydrogens (primary N) is 1. The topological polar surface area (TPSA) is 29.3 Å². The standard InChI is InChI=1S/C16H23FN2S/c1-3-16(4-2)8-9-19(11-16)10-12-6-5-7-13(14(12)17)15(18)20/h5-7H,3-4,8-11H2,1-2H3,(H2,18,20). The van der Waals surface area contributed by atoms with Gasteiger partial charge in [-0.25, -0.2) is 4.39 Å². The molecule has 0 unspecified atom stereocenters. The third kappa shape index (κ3) is 3.01. The van der Waals surface area contributed by atoms with Crippen LogP contribution in [-0.2, 0) is 6.54 Å². The van der Waals surface area contributed by atoms with Crippen LogP contribution >= 0.6 is 12.2 Å². The molecule has 0 amide bonds. The van der Waals surface area contributed by atoms with Crippen LogP contribution < -0.4 is 5.73 Å². The first-order chi connectivity index (χ1) is 9.51. The van der Waals surface area contributed by atoms with Gasteiger partial charge in [0.05, 0.1) is 0 Å². The van der Waals surface area contributed by atoms with Crippen molar-refractivity contribution in [1.29, 1.82) is 0 Å². The van der Waals surface area contributed by atoms with Gasteiger partial charge < -0.3 is 5.73 Å². The molecule has 1 aliphatic rings. The van der Waals surface area contributed by atoms with Crippen molar-refractivity contribution in [2.45, 2.75) is 39.7 Å². The Balaban J connectivity index is 2.12. The van der Waals surface area contributed by atoms with Crippen molar-refractivity contribution in [3.8, 4) is 0 Å². The molecule has 0 aliphatic carbocycles. The van der Waals surface area contributed by atoms with Gasteiger partial charge in [0.15, 0.2) is 0 Å². The average Bonchev–Trinajstić information content (AvgIpc) is 2.85. The molecule has 0 atom stereocenters. The molecule has 1 heterocycles. The lowest BCUT2D eigenvalue weighted by atomic mass is 9.82. The Bertz CT molecular complexity index is 497. The van der Waals surface area contributed by atoms with E-state index in [0.717, 1.165) is 13.1 Å². The summed E-state index contributed by atoms with van der Waals surface area (Å²) >= 11 is 4.89. The zero-order valence-corrected chi connectivity index (χ0v) is 13.1. The Morgan fingerprint density at radius 3 is 2.65 bits per heavy atom. The molecule has 1 fully saturated rings. The number of likely N-dealkylation sites (tertiary alicyclic amines) is 1. The zero-order valence-electron chi connectivity index (χ0n) is 12.3. The molecule has 0 aromatic heterocycles. The highest BCUT2D eigenvalue weighted by Crippen LogP contribution is 2.37. The summed E-state index contributed by atoms with van der Waals surface area (Å²) in [7, 11) is 0. The van der Waals surface area contributed by atoms with Gasteiger partial charge in [0.1, 0.15) is 10.8 Å². The highest BCUT2D eigenvalue weighted by molar-refractivity contribution is 7.80. The molecule has 20 heavy (non-hydrogen) atoms. The average molecular weight is 294 g/mol. The molecule has 1 aromatic rings. The fourth-order valence-electron chi connectivity index (χ4n) is 3.12. The van der Waals surface area contributed by atoms with Crippen molar-refractivity contribution in [2.24, 2.45) is 11.1 Å². The maximum absolute atomic E-state index is 14.3. The first-order valence-electron chi connectivity index (χ1n) is 7.31. The Labute approximate surface area is 126 Å². The van der Waals surface area contributed by atoms with E-state index in [2.05, 4.69) is 18.7 Å². The van der Waals surface area contributed by atoms with Crippen LogP contribution in [-0.4, -0.2) is 23.0 Å². The summed E-state index contributed by atoms with van der Waals surface area (Å²) in [4.78, 5) is 2.47. The fraction of sp³-hybridized carbons (Fsp3) is 0.562. The van der Waals surface area contributed by atoms with E-state index in [1.807, 2.05) is 12.1 Å². The van der Waals surface area contributed by atoms with Crippen LogP contribution in [0.5, 0.6) is 0 Å². The van der Waals surface area contributed by atoms with Crippen LogP contribution in [0.25, 0.3) is 0 Å². The van der Waals surface area contributed by atoms with Crippen molar-refractivity contribution in [3.05, 3.63) is 35.1 Å². The number of hydrogen-bond donors (Lipinski definition) is 1. The number of thiocarbonyl (C=S) groups is 1. The molecule has 2 nitrogen and oxygen atoms in total. The number of halogens is 1. The van der Waals surface area contributed by atoms with Crippen LogP contribution in [0.4, 0.5) is 4.39 Å². The molecule has 110 valence electrons. The molecule has 2 N–H and O–H groups in total. The monoisotopic (exact) mass is 294 g/mol. The fourth-order valence-corrected chi connectivity index (χ4v) is 3.28. The SMILES string of the molecule is CCC1(CC)CCN(Cc2cccc(C(N)=S)c2F)C1. The van der Waals surface area contributed by atoms with Crippen LogP contribution in [0.1, 0.15) is 44.2 Å². The molecule has 1 aliphatic heterocycles. The van der Waals surface area contributed by atoms with Crippen LogP contribution in [0, 0.1) is 11.2 Å². The van der Waals surface area contributed by atoms with E-state index in [4.69, 9.17) is 18.0 Å². The summed E-state index contributed by atoms with van der Waals surface area (Å²) in [6, 6.07) is 5.30. The summed E-state index contributed by atoms with van der Waals surface area (Å²) in [5.41, 5.74) is 7.02. The summed E-state index contributed by atoms with van der Waals surface area (Å²) < 4.78 is 14.3. The molecule has 1 saturated heterocycles. The quantitative estimate of drug-likeness (QED) is 0.843. The molecule has 1 aromatic carbocycles. The van der Waals surface area contributed by atoms with Gasteiger partial charge in [0.2, 0.25) is 0 Å². The summed E-state index contributed by atoms with van der Waals surface area (Å²) in [5.74, 6) is -0.259. The third-order valence-electron chi connectivity index (χ3n) is 4.76. The van der Waals surface area contributed by atoms with E-state index in [-0.39, 0.29) is 10.8 Å². The van der Waals surface area contributed by atoms with Crippen molar-refractivity contribution >= 4 is 17.2 Å². The molecule has 2 rings (SSSR count). The first kappa shape index (κ1) is 15.4. The predicted octanol–water partition coefficient (Wildman–Crippen LogP) is 3.47. The lowest BCUT2D eigenvalue weighted by Gasteiger charge is -2.26. The number of rotatable bonds is 5. The van der Waals surface area contributed by atoms with Gasteiger partial charge in [-0.05, 0) is 37.3 Å². The third-order valence-corrected chi connectivity index (χ3v) is 4.98. The van der Waals surface area contributed by atoms with Gasteiger partial charge >= 0.3 is 0 Å². The zero-order chi connectivity index (χ0) is 14.8. The Morgan fingerprint density at radius 1 is 1.40 bits per heavy atom. The maximum atomic E-state index is 14.3. The van der Waals surface area contributed by atoms with Gasteiger partial charge in [-0.15, -0.1) is 0 Å². The van der Waals surface area contributed by atoms with Gasteiger partial charge in [-0.2, -0.15) is 0 Å². The van der Waals surface area contributed by atoms with Crippen molar-refractivity contribution in [2.75, 3.05) is 13.1 Å². The molecule has 0 spiro atoms. The van der Waals surface area contributed by atoms with Gasteiger partial charge in [0, 0.05) is 24.2 Å². The molecular weight excluding hydrogens is 271 g/mol. The van der Waals surface area contributed by atoms with Gasteiger partial charge in [-0.1, -0.05) is 38.2 Å². The smallest absolute Gasteiger partial charge is 0.137 e. The Morgan fingerprint density at radius 2 is 2.10 bits per heavy atom. The van der Waals surface area contributed by atoms with Crippen LogP contribution in [0.3, 0.4) is 0 Å². The van der Waals surface area contributed by atoms with E-state index in [0.29, 0.717) is 23.1 Å². The van der Waals surface area contributed by atoms with E-state index < -0.39 is 0 Å². The summed E-state index contributed by atoms with van der Waals surface area (Å²) in [6.07, 6.45) is 3.58. The molecule has 0 bridgehead atoms. The minimum atomic E-state index is -0.259. The van der Waals surface area contributed by atoms with Crippen molar-refractivity contribution in [3.63, 3.8) is 0 Å². The van der Waals surface area contributed by atoms with Crippen molar-refractivity contribution < 1.29 is 4.39 Å². The normalized spacial score (nSPS) is 18.4. The van der Waals surface area contributed by atoms with Gasteiger partial charge in [0.25, 0.3) is 0 Å². The largest absolute Gasteiger partial charge is 0.389 e. The molecule has 0 radical (unpaired) electrons. The maximum Gasteiger partial charge on any atom is 0.137 e. The molecular formula is C16H23FN2S. The van der Waals surface area contributed by atoms with Crippen molar-refractivity contribution in [1.82, 2.24) is 4.90 Å². The number of nitrogens with zero attached hydrogens (tertiary/aromatic N) is 1. The van der Waals surface area contributed by atoms with Gasteiger partial charge in [-0.3, -0.25) is 4.90 Å². The number of hydrogen-bond acceptors (Lipinski definition) is 2.